The van der Waals surface area contributed by atoms with Crippen molar-refractivity contribution < 1.29 is 27.5 Å². The lowest BCUT2D eigenvalue weighted by Crippen LogP contribution is -2.36. The Hall–Kier alpha value is -2.39. The van der Waals surface area contributed by atoms with Crippen LogP contribution in [0.15, 0.2) is 35.7 Å². The topological polar surface area (TPSA) is 102 Å². The van der Waals surface area contributed by atoms with Gasteiger partial charge in [0.2, 0.25) is 10.0 Å². The van der Waals surface area contributed by atoms with Gasteiger partial charge in [0.1, 0.15) is 10.6 Å². The van der Waals surface area contributed by atoms with Crippen LogP contribution in [0.25, 0.3) is 0 Å². The van der Waals surface area contributed by atoms with E-state index in [9.17, 15) is 18.0 Å². The average molecular weight is 398 g/mol. The lowest BCUT2D eigenvalue weighted by atomic mass is 10.2. The number of sulfonamides is 1. The van der Waals surface area contributed by atoms with Crippen molar-refractivity contribution in [2.45, 2.75) is 31.8 Å². The summed E-state index contributed by atoms with van der Waals surface area (Å²) < 4.78 is 37.1. The zero-order valence-electron chi connectivity index (χ0n) is 16.0. The van der Waals surface area contributed by atoms with Crippen molar-refractivity contribution in [3.8, 4) is 5.75 Å². The van der Waals surface area contributed by atoms with E-state index in [4.69, 9.17) is 9.47 Å². The van der Waals surface area contributed by atoms with Gasteiger partial charge in [-0.25, -0.2) is 13.2 Å². The van der Waals surface area contributed by atoms with Crippen LogP contribution in [-0.2, 0) is 19.6 Å². The summed E-state index contributed by atoms with van der Waals surface area (Å²) in [7, 11) is -2.50. The second-order valence-corrected chi connectivity index (χ2v) is 7.44. The van der Waals surface area contributed by atoms with E-state index in [1.807, 2.05) is 0 Å². The number of rotatable bonds is 10. The first-order valence-electron chi connectivity index (χ1n) is 8.50. The molecule has 0 aliphatic heterocycles. The van der Waals surface area contributed by atoms with E-state index in [0.717, 1.165) is 0 Å². The van der Waals surface area contributed by atoms with Gasteiger partial charge in [-0.3, -0.25) is 4.79 Å². The number of benzene rings is 1. The number of esters is 1. The Bertz CT molecular complexity index is 787. The molecule has 0 saturated carbocycles. The van der Waals surface area contributed by atoms with Crippen LogP contribution in [0.3, 0.4) is 0 Å². The number of amides is 1. The summed E-state index contributed by atoms with van der Waals surface area (Å²) >= 11 is 0. The molecule has 0 bridgehead atoms. The van der Waals surface area contributed by atoms with Crippen molar-refractivity contribution in [3.05, 3.63) is 36.4 Å². The molecule has 1 aromatic carbocycles. The first-order valence-corrected chi connectivity index (χ1v) is 9.94. The van der Waals surface area contributed by atoms with E-state index in [-0.39, 0.29) is 35.8 Å². The minimum absolute atomic E-state index is 0.00454. The highest BCUT2D eigenvalue weighted by Gasteiger charge is 2.27. The lowest BCUT2D eigenvalue weighted by Gasteiger charge is -2.20. The van der Waals surface area contributed by atoms with Gasteiger partial charge in [-0.2, -0.15) is 4.31 Å². The maximum Gasteiger partial charge on any atom is 0.338 e. The van der Waals surface area contributed by atoms with E-state index in [2.05, 4.69) is 11.9 Å². The number of hydrogen-bond acceptors (Lipinski definition) is 6. The SMILES string of the molecule is C=CCNC(=O)C(C)OC(=O)c1ccc(OC)c(S(=O)(=O)N(CC)CC)c1. The highest BCUT2D eigenvalue weighted by atomic mass is 32.2. The van der Waals surface area contributed by atoms with Gasteiger partial charge in [-0.05, 0) is 25.1 Å². The molecule has 27 heavy (non-hydrogen) atoms. The second kappa shape index (κ2) is 10.1. The Morgan fingerprint density at radius 1 is 1.30 bits per heavy atom. The maximum atomic E-state index is 12.8. The van der Waals surface area contributed by atoms with E-state index in [0.29, 0.717) is 0 Å². The van der Waals surface area contributed by atoms with E-state index in [1.165, 1.54) is 42.6 Å². The van der Waals surface area contributed by atoms with Crippen molar-refractivity contribution in [1.29, 1.82) is 0 Å². The standard InChI is InChI=1S/C18H26N2O6S/c1-6-11-19-17(21)13(4)26-18(22)14-9-10-15(25-5)16(12-14)27(23,24)20(7-2)8-3/h6,9-10,12-13H,1,7-8,11H2,2-5H3,(H,19,21). The molecule has 8 nitrogen and oxygen atoms in total. The van der Waals surface area contributed by atoms with Crippen molar-refractivity contribution in [2.24, 2.45) is 0 Å². The van der Waals surface area contributed by atoms with Gasteiger partial charge < -0.3 is 14.8 Å². The summed E-state index contributed by atoms with van der Waals surface area (Å²) in [5.41, 5.74) is 0.00454. The number of methoxy groups -OCH3 is 1. The minimum Gasteiger partial charge on any atom is -0.495 e. The van der Waals surface area contributed by atoms with E-state index < -0.39 is 28.0 Å². The quantitative estimate of drug-likeness (QED) is 0.474. The zero-order chi connectivity index (χ0) is 20.6. The Balaban J connectivity index is 3.16. The number of hydrogen-bond donors (Lipinski definition) is 1. The van der Waals surface area contributed by atoms with Crippen molar-refractivity contribution in [1.82, 2.24) is 9.62 Å². The number of ether oxygens (including phenoxy) is 2. The third-order valence-corrected chi connectivity index (χ3v) is 5.87. The van der Waals surface area contributed by atoms with Gasteiger partial charge in [-0.15, -0.1) is 6.58 Å². The average Bonchev–Trinajstić information content (AvgIpc) is 2.65. The summed E-state index contributed by atoms with van der Waals surface area (Å²) in [6.07, 6.45) is 0.461. The summed E-state index contributed by atoms with van der Waals surface area (Å²) in [5.74, 6) is -1.17. The van der Waals surface area contributed by atoms with Gasteiger partial charge in [0.05, 0.1) is 12.7 Å². The van der Waals surface area contributed by atoms with E-state index in [1.54, 1.807) is 13.8 Å². The Morgan fingerprint density at radius 3 is 2.44 bits per heavy atom. The molecule has 1 unspecified atom stereocenters. The van der Waals surface area contributed by atoms with Crippen LogP contribution in [-0.4, -0.2) is 57.4 Å². The molecule has 0 heterocycles. The van der Waals surface area contributed by atoms with Crippen LogP contribution in [0.1, 0.15) is 31.1 Å². The molecule has 0 spiro atoms. The van der Waals surface area contributed by atoms with Crippen LogP contribution in [0, 0.1) is 0 Å². The summed E-state index contributed by atoms with van der Waals surface area (Å²) in [4.78, 5) is 24.0. The number of nitrogens with zero attached hydrogens (tertiary/aromatic N) is 1. The molecular formula is C18H26N2O6S. The highest BCUT2D eigenvalue weighted by Crippen LogP contribution is 2.28. The molecule has 1 atom stereocenters. The smallest absolute Gasteiger partial charge is 0.338 e. The molecule has 1 rings (SSSR count). The molecular weight excluding hydrogens is 372 g/mol. The normalized spacial score (nSPS) is 12.3. The number of carbonyl (C=O) groups is 2. The lowest BCUT2D eigenvalue weighted by molar-refractivity contribution is -0.128. The molecule has 9 heteroatoms. The summed E-state index contributed by atoms with van der Waals surface area (Å²) in [6.45, 7) is 9.14. The van der Waals surface area contributed by atoms with Crippen LogP contribution in [0.4, 0.5) is 0 Å². The van der Waals surface area contributed by atoms with Crippen molar-refractivity contribution in [3.63, 3.8) is 0 Å². The largest absolute Gasteiger partial charge is 0.495 e. The molecule has 0 fully saturated rings. The van der Waals surface area contributed by atoms with Crippen LogP contribution in [0.2, 0.25) is 0 Å². The summed E-state index contributed by atoms with van der Waals surface area (Å²) in [5, 5.41) is 2.52. The maximum absolute atomic E-state index is 12.8. The Kier molecular flexibility index (Phi) is 8.45. The summed E-state index contributed by atoms with van der Waals surface area (Å²) in [6, 6.07) is 3.97. The Morgan fingerprint density at radius 2 is 1.93 bits per heavy atom. The third kappa shape index (κ3) is 5.54. The van der Waals surface area contributed by atoms with Gasteiger partial charge in [0, 0.05) is 19.6 Å². The minimum atomic E-state index is -3.85. The van der Waals surface area contributed by atoms with Crippen LogP contribution >= 0.6 is 0 Å². The predicted molar refractivity (Wildman–Crippen MR) is 101 cm³/mol. The van der Waals surface area contributed by atoms with Gasteiger partial charge in [0.15, 0.2) is 6.10 Å². The molecule has 1 amide bonds. The van der Waals surface area contributed by atoms with Crippen LogP contribution < -0.4 is 10.1 Å². The fourth-order valence-corrected chi connectivity index (χ4v) is 3.95. The molecule has 1 N–H and O–H groups in total. The molecule has 0 aliphatic rings. The number of carbonyl (C=O) groups excluding carboxylic acids is 2. The number of nitrogens with one attached hydrogen (secondary N) is 1. The molecule has 0 saturated heterocycles. The first kappa shape index (κ1) is 22.7. The third-order valence-electron chi connectivity index (χ3n) is 3.80. The Labute approximate surface area is 160 Å². The second-order valence-electron chi connectivity index (χ2n) is 5.54. The fourth-order valence-electron chi connectivity index (χ4n) is 2.31. The first-order chi connectivity index (χ1) is 12.7. The van der Waals surface area contributed by atoms with E-state index >= 15 is 0 Å². The monoisotopic (exact) mass is 398 g/mol. The zero-order valence-corrected chi connectivity index (χ0v) is 16.8. The molecule has 150 valence electrons. The van der Waals surface area contributed by atoms with Crippen molar-refractivity contribution in [2.75, 3.05) is 26.7 Å². The van der Waals surface area contributed by atoms with Gasteiger partial charge in [-0.1, -0.05) is 19.9 Å². The molecule has 0 aromatic heterocycles. The molecule has 0 radical (unpaired) electrons. The van der Waals surface area contributed by atoms with Gasteiger partial charge in [0.25, 0.3) is 5.91 Å². The van der Waals surface area contributed by atoms with Gasteiger partial charge >= 0.3 is 5.97 Å². The van der Waals surface area contributed by atoms with Crippen LogP contribution in [0.5, 0.6) is 5.75 Å². The van der Waals surface area contributed by atoms with Crippen molar-refractivity contribution >= 4 is 21.9 Å². The molecule has 0 aliphatic carbocycles. The fraction of sp³-hybridized carbons (Fsp3) is 0.444. The highest BCUT2D eigenvalue weighted by molar-refractivity contribution is 7.89. The predicted octanol–water partition coefficient (Wildman–Crippen LogP) is 1.57. The molecule has 1 aromatic rings.